The molecule has 1 N–H and O–H groups in total. The van der Waals surface area contributed by atoms with Crippen LogP contribution in [0, 0.1) is 13.8 Å². The van der Waals surface area contributed by atoms with Gasteiger partial charge in [-0.05, 0) is 38.1 Å². The number of methoxy groups -OCH3 is 2. The zero-order chi connectivity index (χ0) is 23.4. The highest BCUT2D eigenvalue weighted by Gasteiger charge is 2.24. The Kier molecular flexibility index (Phi) is 6.84. The zero-order valence-corrected chi connectivity index (χ0v) is 19.7. The molecule has 0 unspecified atom stereocenters. The number of hydrogen-bond acceptors (Lipinski definition) is 6. The predicted molar refractivity (Wildman–Crippen MR) is 130 cm³/mol. The second-order valence-electron chi connectivity index (χ2n) is 8.15. The van der Waals surface area contributed by atoms with E-state index in [0.29, 0.717) is 23.7 Å². The molecule has 0 aliphatic carbocycles. The van der Waals surface area contributed by atoms with Crippen LogP contribution < -0.4 is 19.7 Å². The third kappa shape index (κ3) is 4.96. The van der Waals surface area contributed by atoms with Crippen LogP contribution in [-0.4, -0.2) is 67.5 Å². The molecule has 3 aromatic rings. The highest BCUT2D eigenvalue weighted by Crippen LogP contribution is 2.30. The van der Waals surface area contributed by atoms with Gasteiger partial charge in [-0.15, -0.1) is 0 Å². The Bertz CT molecular complexity index is 1100. The number of para-hydroxylation sites is 1. The lowest BCUT2D eigenvalue weighted by Crippen LogP contribution is -2.49. The van der Waals surface area contributed by atoms with E-state index in [4.69, 9.17) is 14.6 Å². The first kappa shape index (κ1) is 22.7. The molecule has 1 amide bonds. The van der Waals surface area contributed by atoms with Crippen LogP contribution in [0.4, 0.5) is 11.4 Å². The van der Waals surface area contributed by atoms with Crippen molar-refractivity contribution in [3.63, 3.8) is 0 Å². The number of nitrogens with zero attached hydrogens (tertiary/aromatic N) is 4. The molecular formula is C25H31N5O3. The predicted octanol–water partition coefficient (Wildman–Crippen LogP) is 3.27. The minimum absolute atomic E-state index is 0.0417. The number of anilines is 2. The normalized spacial score (nSPS) is 14.2. The Balaban J connectivity index is 1.35. The summed E-state index contributed by atoms with van der Waals surface area (Å²) >= 11 is 0. The molecule has 0 radical (unpaired) electrons. The number of carbonyl (C=O) groups is 1. The molecule has 8 heteroatoms. The van der Waals surface area contributed by atoms with E-state index in [0.717, 1.165) is 43.3 Å². The summed E-state index contributed by atoms with van der Waals surface area (Å²) in [4.78, 5) is 17.2. The van der Waals surface area contributed by atoms with E-state index in [1.807, 2.05) is 28.9 Å². The average Bonchev–Trinajstić information content (AvgIpc) is 3.13. The van der Waals surface area contributed by atoms with Gasteiger partial charge in [0.05, 0.1) is 43.5 Å². The SMILES string of the molecule is COc1ccc(NC(=O)CN2CCN(c3c(C)nn(-c4ccccc4)c3C)CC2)cc1OC. The van der Waals surface area contributed by atoms with E-state index >= 15 is 0 Å². The third-order valence-electron chi connectivity index (χ3n) is 5.98. The summed E-state index contributed by atoms with van der Waals surface area (Å²) in [6.07, 6.45) is 0. The number of aromatic nitrogens is 2. The van der Waals surface area contributed by atoms with Gasteiger partial charge in [-0.3, -0.25) is 9.69 Å². The van der Waals surface area contributed by atoms with Gasteiger partial charge in [-0.1, -0.05) is 18.2 Å². The van der Waals surface area contributed by atoms with Crippen molar-refractivity contribution in [1.29, 1.82) is 0 Å². The van der Waals surface area contributed by atoms with Crippen LogP contribution in [0.2, 0.25) is 0 Å². The molecule has 1 aliphatic heterocycles. The van der Waals surface area contributed by atoms with Crippen molar-refractivity contribution in [2.45, 2.75) is 13.8 Å². The number of carbonyl (C=O) groups excluding carboxylic acids is 1. The number of amides is 1. The molecule has 4 rings (SSSR count). The van der Waals surface area contributed by atoms with Gasteiger partial charge in [-0.25, -0.2) is 4.68 Å². The van der Waals surface area contributed by atoms with Crippen LogP contribution in [0.3, 0.4) is 0 Å². The van der Waals surface area contributed by atoms with Crippen LogP contribution in [0.5, 0.6) is 11.5 Å². The Morgan fingerprint density at radius 2 is 1.67 bits per heavy atom. The quantitative estimate of drug-likeness (QED) is 0.597. The minimum Gasteiger partial charge on any atom is -0.493 e. The lowest BCUT2D eigenvalue weighted by Gasteiger charge is -2.35. The van der Waals surface area contributed by atoms with Crippen LogP contribution in [0.25, 0.3) is 5.69 Å². The lowest BCUT2D eigenvalue weighted by molar-refractivity contribution is -0.117. The molecule has 2 heterocycles. The fourth-order valence-corrected chi connectivity index (χ4v) is 4.36. The highest BCUT2D eigenvalue weighted by atomic mass is 16.5. The van der Waals surface area contributed by atoms with Crippen molar-refractivity contribution < 1.29 is 14.3 Å². The molecule has 1 fully saturated rings. The Labute approximate surface area is 194 Å². The molecule has 0 spiro atoms. The number of benzene rings is 2. The maximum atomic E-state index is 12.6. The molecule has 1 aliphatic rings. The number of aryl methyl sites for hydroxylation is 1. The topological polar surface area (TPSA) is 71.9 Å². The summed E-state index contributed by atoms with van der Waals surface area (Å²) in [6.45, 7) is 7.86. The van der Waals surface area contributed by atoms with Gasteiger partial charge in [0.15, 0.2) is 11.5 Å². The van der Waals surface area contributed by atoms with E-state index < -0.39 is 0 Å². The van der Waals surface area contributed by atoms with Crippen molar-refractivity contribution in [1.82, 2.24) is 14.7 Å². The van der Waals surface area contributed by atoms with Crippen LogP contribution in [-0.2, 0) is 4.79 Å². The van der Waals surface area contributed by atoms with Crippen molar-refractivity contribution in [3.05, 3.63) is 59.9 Å². The minimum atomic E-state index is -0.0417. The smallest absolute Gasteiger partial charge is 0.238 e. The van der Waals surface area contributed by atoms with Gasteiger partial charge in [0, 0.05) is 37.9 Å². The largest absolute Gasteiger partial charge is 0.493 e. The molecule has 174 valence electrons. The van der Waals surface area contributed by atoms with Crippen molar-refractivity contribution in [2.75, 3.05) is 57.2 Å². The van der Waals surface area contributed by atoms with Crippen LogP contribution in [0.1, 0.15) is 11.4 Å². The van der Waals surface area contributed by atoms with Crippen molar-refractivity contribution in [3.8, 4) is 17.2 Å². The summed E-state index contributed by atoms with van der Waals surface area (Å²) in [6, 6.07) is 15.6. The summed E-state index contributed by atoms with van der Waals surface area (Å²) in [5, 5.41) is 7.73. The maximum Gasteiger partial charge on any atom is 0.238 e. The second kappa shape index (κ2) is 9.95. The average molecular weight is 450 g/mol. The Morgan fingerprint density at radius 3 is 2.33 bits per heavy atom. The van der Waals surface area contributed by atoms with Gasteiger partial charge in [0.1, 0.15) is 0 Å². The molecular weight excluding hydrogens is 418 g/mol. The summed E-state index contributed by atoms with van der Waals surface area (Å²) in [5.74, 6) is 1.18. The van der Waals surface area contributed by atoms with Crippen molar-refractivity contribution >= 4 is 17.3 Å². The molecule has 2 aromatic carbocycles. The van der Waals surface area contributed by atoms with Gasteiger partial charge in [0.25, 0.3) is 0 Å². The van der Waals surface area contributed by atoms with E-state index in [9.17, 15) is 4.79 Å². The van der Waals surface area contributed by atoms with E-state index in [1.165, 1.54) is 5.69 Å². The summed E-state index contributed by atoms with van der Waals surface area (Å²) in [7, 11) is 3.17. The third-order valence-corrected chi connectivity index (χ3v) is 5.98. The monoisotopic (exact) mass is 449 g/mol. The fraction of sp³-hybridized carbons (Fsp3) is 0.360. The Hall–Kier alpha value is -3.52. The van der Waals surface area contributed by atoms with Crippen LogP contribution in [0.15, 0.2) is 48.5 Å². The highest BCUT2D eigenvalue weighted by molar-refractivity contribution is 5.92. The zero-order valence-electron chi connectivity index (χ0n) is 19.7. The van der Waals surface area contributed by atoms with Gasteiger partial charge < -0.3 is 19.7 Å². The molecule has 33 heavy (non-hydrogen) atoms. The number of ether oxygens (including phenoxy) is 2. The first-order chi connectivity index (χ1) is 16.0. The molecule has 1 aromatic heterocycles. The van der Waals surface area contributed by atoms with E-state index in [2.05, 4.69) is 41.1 Å². The molecule has 0 atom stereocenters. The second-order valence-corrected chi connectivity index (χ2v) is 8.15. The molecule has 8 nitrogen and oxygen atoms in total. The molecule has 0 saturated carbocycles. The lowest BCUT2D eigenvalue weighted by atomic mass is 10.2. The summed E-state index contributed by atoms with van der Waals surface area (Å²) in [5.41, 5.74) is 5.10. The standard InChI is InChI=1S/C25H31N5O3/c1-18-25(19(2)30(27-18)21-8-6-5-7-9-21)29-14-12-28(13-15-29)17-24(31)26-20-10-11-22(32-3)23(16-20)33-4/h5-11,16H,12-15,17H2,1-4H3,(H,26,31). The fourth-order valence-electron chi connectivity index (χ4n) is 4.36. The van der Waals surface area contributed by atoms with Gasteiger partial charge in [0.2, 0.25) is 5.91 Å². The number of piperazine rings is 1. The van der Waals surface area contributed by atoms with Gasteiger partial charge in [-0.2, -0.15) is 5.10 Å². The first-order valence-corrected chi connectivity index (χ1v) is 11.1. The van der Waals surface area contributed by atoms with Gasteiger partial charge >= 0.3 is 0 Å². The molecule has 0 bridgehead atoms. The van der Waals surface area contributed by atoms with Crippen LogP contribution >= 0.6 is 0 Å². The van der Waals surface area contributed by atoms with E-state index in [-0.39, 0.29) is 5.91 Å². The first-order valence-electron chi connectivity index (χ1n) is 11.1. The number of nitrogens with one attached hydrogen (secondary N) is 1. The number of rotatable bonds is 7. The van der Waals surface area contributed by atoms with E-state index in [1.54, 1.807) is 26.4 Å². The van der Waals surface area contributed by atoms with Crippen molar-refractivity contribution in [2.24, 2.45) is 0 Å². The number of hydrogen-bond donors (Lipinski definition) is 1. The maximum absolute atomic E-state index is 12.6. The summed E-state index contributed by atoms with van der Waals surface area (Å²) < 4.78 is 12.6. The Morgan fingerprint density at radius 1 is 0.970 bits per heavy atom. The molecule has 1 saturated heterocycles.